The van der Waals surface area contributed by atoms with Crippen molar-refractivity contribution in [3.8, 4) is 0 Å². The molecule has 98 valence electrons. The molecule has 4 heteroatoms. The van der Waals surface area contributed by atoms with E-state index in [0.717, 1.165) is 32.5 Å². The highest BCUT2D eigenvalue weighted by Gasteiger charge is 2.34. The number of benzene rings is 1. The maximum Gasteiger partial charge on any atom is 0.177 e. The number of hydrogen-bond acceptors (Lipinski definition) is 4. The zero-order valence-electron chi connectivity index (χ0n) is 10.5. The van der Waals surface area contributed by atoms with E-state index in [1.54, 1.807) is 0 Å². The molecule has 0 saturated carbocycles. The summed E-state index contributed by atoms with van der Waals surface area (Å²) in [5.41, 5.74) is 2.78. The van der Waals surface area contributed by atoms with Crippen molar-refractivity contribution in [2.45, 2.75) is 31.6 Å². The molecule has 2 N–H and O–H groups in total. The van der Waals surface area contributed by atoms with Crippen molar-refractivity contribution in [1.82, 2.24) is 10.0 Å². The van der Waals surface area contributed by atoms with Crippen LogP contribution in [0.15, 0.2) is 24.3 Å². The molecule has 18 heavy (non-hydrogen) atoms. The summed E-state index contributed by atoms with van der Waals surface area (Å²) in [4.78, 5) is 0. The molecule has 1 fully saturated rings. The Balaban J connectivity index is 1.72. The van der Waals surface area contributed by atoms with Gasteiger partial charge in [0, 0.05) is 26.1 Å². The van der Waals surface area contributed by atoms with Gasteiger partial charge in [-0.05, 0) is 24.0 Å². The third-order valence-corrected chi connectivity index (χ3v) is 3.94. The van der Waals surface area contributed by atoms with Crippen LogP contribution in [0.2, 0.25) is 0 Å². The Hall–Kier alpha value is -0.940. The van der Waals surface area contributed by atoms with Gasteiger partial charge in [0.05, 0.1) is 6.54 Å². The standard InChI is InChI=1S/C14H20N2O2/c17-14(18)7-3-8-16(11-14)15-9-6-12-4-1-2-5-13(12)10-15/h1-2,4-5,17-18H,3,6-11H2. The second kappa shape index (κ2) is 4.63. The zero-order chi connectivity index (χ0) is 12.6. The quantitative estimate of drug-likeness (QED) is 0.720. The van der Waals surface area contributed by atoms with Crippen molar-refractivity contribution >= 4 is 0 Å². The lowest BCUT2D eigenvalue weighted by molar-refractivity contribution is -0.226. The van der Waals surface area contributed by atoms with E-state index < -0.39 is 5.79 Å². The monoisotopic (exact) mass is 248 g/mol. The minimum Gasteiger partial charge on any atom is -0.365 e. The third kappa shape index (κ3) is 2.42. The van der Waals surface area contributed by atoms with Crippen LogP contribution >= 0.6 is 0 Å². The van der Waals surface area contributed by atoms with E-state index in [9.17, 15) is 10.2 Å². The van der Waals surface area contributed by atoms with Crippen LogP contribution in [0.3, 0.4) is 0 Å². The van der Waals surface area contributed by atoms with Gasteiger partial charge < -0.3 is 10.2 Å². The van der Waals surface area contributed by atoms with Gasteiger partial charge in [0.1, 0.15) is 0 Å². The lowest BCUT2D eigenvalue weighted by Crippen LogP contribution is -2.55. The van der Waals surface area contributed by atoms with Crippen molar-refractivity contribution in [2.24, 2.45) is 0 Å². The molecule has 2 aliphatic heterocycles. The summed E-state index contributed by atoms with van der Waals surface area (Å²) in [5, 5.41) is 23.9. The molecular weight excluding hydrogens is 228 g/mol. The highest BCUT2D eigenvalue weighted by molar-refractivity contribution is 5.28. The molecule has 1 aromatic carbocycles. The van der Waals surface area contributed by atoms with Crippen LogP contribution in [0.4, 0.5) is 0 Å². The summed E-state index contributed by atoms with van der Waals surface area (Å²) >= 11 is 0. The minimum absolute atomic E-state index is 0.329. The number of nitrogens with zero attached hydrogens (tertiary/aromatic N) is 2. The minimum atomic E-state index is -1.52. The fourth-order valence-electron chi connectivity index (χ4n) is 2.96. The number of hydrazine groups is 1. The summed E-state index contributed by atoms with van der Waals surface area (Å²) in [6.45, 7) is 3.10. The second-order valence-corrected chi connectivity index (χ2v) is 5.38. The molecule has 2 heterocycles. The molecule has 0 amide bonds. The third-order valence-electron chi connectivity index (χ3n) is 3.94. The lowest BCUT2D eigenvalue weighted by atomic mass is 10.0. The van der Waals surface area contributed by atoms with Gasteiger partial charge in [-0.1, -0.05) is 24.3 Å². The average Bonchev–Trinajstić information content (AvgIpc) is 2.37. The van der Waals surface area contributed by atoms with Gasteiger partial charge in [-0.3, -0.25) is 0 Å². The Labute approximate surface area is 107 Å². The van der Waals surface area contributed by atoms with Crippen LogP contribution in [0.5, 0.6) is 0 Å². The van der Waals surface area contributed by atoms with Crippen molar-refractivity contribution < 1.29 is 10.2 Å². The normalized spacial score (nSPS) is 24.8. The van der Waals surface area contributed by atoms with Crippen molar-refractivity contribution in [1.29, 1.82) is 0 Å². The summed E-state index contributed by atoms with van der Waals surface area (Å²) in [7, 11) is 0. The Morgan fingerprint density at radius 1 is 1.00 bits per heavy atom. The molecule has 1 aromatic rings. The first-order valence-electron chi connectivity index (χ1n) is 6.65. The first-order valence-corrected chi connectivity index (χ1v) is 6.65. The molecule has 4 nitrogen and oxygen atoms in total. The molecule has 0 bridgehead atoms. The lowest BCUT2D eigenvalue weighted by Gasteiger charge is -2.43. The number of hydrogen-bond donors (Lipinski definition) is 2. The van der Waals surface area contributed by atoms with Crippen LogP contribution in [-0.4, -0.2) is 45.7 Å². The van der Waals surface area contributed by atoms with Crippen LogP contribution in [-0.2, 0) is 13.0 Å². The summed E-state index contributed by atoms with van der Waals surface area (Å²) < 4.78 is 0. The van der Waals surface area contributed by atoms with Crippen molar-refractivity contribution in [3.05, 3.63) is 35.4 Å². The molecule has 0 radical (unpaired) electrons. The van der Waals surface area contributed by atoms with Gasteiger partial charge in [-0.2, -0.15) is 0 Å². The van der Waals surface area contributed by atoms with E-state index in [1.165, 1.54) is 11.1 Å². The highest BCUT2D eigenvalue weighted by Crippen LogP contribution is 2.24. The molecular formula is C14H20N2O2. The Morgan fingerprint density at radius 2 is 1.78 bits per heavy atom. The van der Waals surface area contributed by atoms with E-state index in [-0.39, 0.29) is 0 Å². The number of aliphatic hydroxyl groups is 2. The Bertz CT molecular complexity index is 434. The van der Waals surface area contributed by atoms with E-state index >= 15 is 0 Å². The first-order chi connectivity index (χ1) is 8.64. The largest absolute Gasteiger partial charge is 0.365 e. The van der Waals surface area contributed by atoms with Crippen LogP contribution in [0.25, 0.3) is 0 Å². The van der Waals surface area contributed by atoms with Gasteiger partial charge in [0.25, 0.3) is 0 Å². The summed E-state index contributed by atoms with van der Waals surface area (Å²) in [6.07, 6.45) is 2.36. The SMILES string of the molecule is OC1(O)CCCN(N2CCc3ccccc3C2)C1. The molecule has 1 saturated heterocycles. The molecule has 0 aromatic heterocycles. The van der Waals surface area contributed by atoms with Crippen LogP contribution < -0.4 is 0 Å². The highest BCUT2D eigenvalue weighted by atomic mass is 16.5. The maximum absolute atomic E-state index is 9.76. The van der Waals surface area contributed by atoms with Crippen molar-refractivity contribution in [2.75, 3.05) is 19.6 Å². The number of rotatable bonds is 1. The molecule has 0 unspecified atom stereocenters. The average molecular weight is 248 g/mol. The molecule has 0 aliphatic carbocycles. The number of fused-ring (bicyclic) bond motifs is 1. The van der Waals surface area contributed by atoms with Crippen LogP contribution in [0.1, 0.15) is 24.0 Å². The maximum atomic E-state index is 9.76. The van der Waals surface area contributed by atoms with Gasteiger partial charge in [-0.15, -0.1) is 0 Å². The summed E-state index contributed by atoms with van der Waals surface area (Å²) in [5.74, 6) is -1.52. The van der Waals surface area contributed by atoms with Crippen molar-refractivity contribution in [3.63, 3.8) is 0 Å². The molecule has 0 atom stereocenters. The molecule has 3 rings (SSSR count). The number of piperidine rings is 1. The fraction of sp³-hybridized carbons (Fsp3) is 0.571. The Kier molecular flexibility index (Phi) is 3.11. The van der Waals surface area contributed by atoms with Gasteiger partial charge >= 0.3 is 0 Å². The van der Waals surface area contributed by atoms with E-state index in [0.29, 0.717) is 13.0 Å². The van der Waals surface area contributed by atoms with E-state index in [1.807, 2.05) is 0 Å². The van der Waals surface area contributed by atoms with Gasteiger partial charge in [-0.25, -0.2) is 10.0 Å². The number of β-amino-alcohol motifs (C(OH)–C–C–N with tert-alkyl or cyclic N) is 2. The smallest absolute Gasteiger partial charge is 0.177 e. The zero-order valence-corrected chi connectivity index (χ0v) is 10.5. The topological polar surface area (TPSA) is 46.9 Å². The van der Waals surface area contributed by atoms with Crippen LogP contribution in [0, 0.1) is 0 Å². The second-order valence-electron chi connectivity index (χ2n) is 5.38. The first kappa shape index (κ1) is 12.1. The van der Waals surface area contributed by atoms with Gasteiger partial charge in [0.15, 0.2) is 5.79 Å². The summed E-state index contributed by atoms with van der Waals surface area (Å²) in [6, 6.07) is 8.50. The van der Waals surface area contributed by atoms with Gasteiger partial charge in [0.2, 0.25) is 0 Å². The predicted octanol–water partition coefficient (Wildman–Crippen LogP) is 0.736. The fourth-order valence-corrected chi connectivity index (χ4v) is 2.96. The predicted molar refractivity (Wildman–Crippen MR) is 68.5 cm³/mol. The van der Waals surface area contributed by atoms with E-state index in [2.05, 4.69) is 34.3 Å². The molecule has 2 aliphatic rings. The molecule has 0 spiro atoms. The van der Waals surface area contributed by atoms with E-state index in [4.69, 9.17) is 0 Å². The Morgan fingerprint density at radius 3 is 2.56 bits per heavy atom.